The molecule has 0 fully saturated rings. The van der Waals surface area contributed by atoms with E-state index in [1.807, 2.05) is 0 Å². The molecule has 2 heteroatoms. The van der Waals surface area contributed by atoms with Crippen molar-refractivity contribution in [2.24, 2.45) is 10.9 Å². The Bertz CT molecular complexity index is 3630. The van der Waals surface area contributed by atoms with Crippen LogP contribution in [0.25, 0.3) is 60.3 Å². The van der Waals surface area contributed by atoms with Crippen LogP contribution in [-0.4, -0.2) is 5.84 Å². The van der Waals surface area contributed by atoms with Crippen LogP contribution in [-0.2, 0) is 5.41 Å². The zero-order valence-corrected chi connectivity index (χ0v) is 37.0. The highest BCUT2D eigenvalue weighted by atomic mass is 15.0. The maximum atomic E-state index is 5.27. The van der Waals surface area contributed by atoms with Crippen LogP contribution in [0.1, 0.15) is 57.0 Å². The third-order valence-corrected chi connectivity index (χ3v) is 14.6. The van der Waals surface area contributed by atoms with Gasteiger partial charge in [-0.15, -0.1) is 0 Å². The molecule has 0 spiro atoms. The van der Waals surface area contributed by atoms with Gasteiger partial charge >= 0.3 is 0 Å². The van der Waals surface area contributed by atoms with Crippen LogP contribution >= 0.6 is 0 Å². The Morgan fingerprint density at radius 2 is 1.03 bits per heavy atom. The third-order valence-electron chi connectivity index (χ3n) is 14.6. The summed E-state index contributed by atoms with van der Waals surface area (Å²) in [6, 6.07) is 84.5. The topological polar surface area (TPSA) is 24.4 Å². The summed E-state index contributed by atoms with van der Waals surface area (Å²) in [6.07, 6.45) is 8.21. The smallest absolute Gasteiger partial charge is 0.134 e. The Kier molecular flexibility index (Phi) is 9.32. The first-order valence-electron chi connectivity index (χ1n) is 23.5. The standard InChI is InChI=1S/C65H46N2/c1-5-19-43(20-6-1)61-42-62(67-64(66-61)44-21-7-2-8-22-44)48-24-17-23-47(39-48)51-32-18-33-55-52-29-13-14-30-53(52)57-40-45(35-37-56(57)63(51)55)46-36-38-60-58(41-46)54-31-15-16-34-59(54)65(60,49-25-9-3-10-26-49)50-27-11-4-12-28-50/h1-37,39-42,60-61H,38H2,(H,66,67). The molecule has 2 unspecified atom stereocenters. The van der Waals surface area contributed by atoms with Crippen LogP contribution in [0.2, 0.25) is 0 Å². The molecule has 316 valence electrons. The summed E-state index contributed by atoms with van der Waals surface area (Å²) in [4.78, 5) is 5.27. The van der Waals surface area contributed by atoms with Gasteiger partial charge in [0, 0.05) is 17.0 Å². The molecule has 0 aromatic heterocycles. The predicted octanol–water partition coefficient (Wildman–Crippen LogP) is 15.8. The van der Waals surface area contributed by atoms with Crippen molar-refractivity contribution in [1.82, 2.24) is 5.32 Å². The number of hydrogen-bond donors (Lipinski definition) is 1. The molecular weight excluding hydrogens is 809 g/mol. The molecular formula is C65H46N2. The second-order valence-electron chi connectivity index (χ2n) is 18.2. The minimum Gasteiger partial charge on any atom is -0.359 e. The summed E-state index contributed by atoms with van der Waals surface area (Å²) >= 11 is 0. The van der Waals surface area contributed by atoms with Crippen LogP contribution in [0.3, 0.4) is 0 Å². The van der Waals surface area contributed by atoms with Crippen LogP contribution in [0.5, 0.6) is 0 Å². The SMILES string of the molecule is C1=C(c2ccc3c(c2)c2ccccc2c2cccc(-c4cccc(C5=CC(c6ccccc6)NC(c6ccccc6)=N5)c4)c23)C=C2c3ccccc3C(c3ccccc3)(c3ccccc3)C2C1. The Morgan fingerprint density at radius 1 is 0.448 bits per heavy atom. The fraction of sp³-hybridized carbons (Fsp3) is 0.0615. The number of aliphatic imine (C=N–C) groups is 1. The molecule has 2 atom stereocenters. The summed E-state index contributed by atoms with van der Waals surface area (Å²) in [6.45, 7) is 0. The molecule has 1 aliphatic heterocycles. The van der Waals surface area contributed by atoms with E-state index >= 15 is 0 Å². The highest BCUT2D eigenvalue weighted by molar-refractivity contribution is 6.28. The fourth-order valence-corrected chi connectivity index (χ4v) is 11.7. The lowest BCUT2D eigenvalue weighted by molar-refractivity contribution is 0.485. The largest absolute Gasteiger partial charge is 0.359 e. The van der Waals surface area contributed by atoms with Gasteiger partial charge in [-0.25, -0.2) is 4.99 Å². The lowest BCUT2D eigenvalue weighted by atomic mass is 9.63. The zero-order chi connectivity index (χ0) is 44.3. The normalized spacial score (nSPS) is 17.2. The van der Waals surface area contributed by atoms with Gasteiger partial charge in [0.1, 0.15) is 5.84 Å². The molecule has 0 saturated carbocycles. The van der Waals surface area contributed by atoms with E-state index in [0.717, 1.165) is 29.1 Å². The number of hydrogen-bond acceptors (Lipinski definition) is 2. The molecule has 2 aliphatic carbocycles. The van der Waals surface area contributed by atoms with Crippen molar-refractivity contribution >= 4 is 55.0 Å². The van der Waals surface area contributed by atoms with Crippen molar-refractivity contribution in [3.63, 3.8) is 0 Å². The van der Waals surface area contributed by atoms with Gasteiger partial charge in [0.05, 0.1) is 17.2 Å². The number of nitrogens with one attached hydrogen (secondary N) is 1. The van der Waals surface area contributed by atoms with Gasteiger partial charge in [-0.2, -0.15) is 0 Å². The van der Waals surface area contributed by atoms with E-state index in [0.29, 0.717) is 0 Å². The highest BCUT2D eigenvalue weighted by Crippen LogP contribution is 2.60. The third kappa shape index (κ3) is 6.36. The van der Waals surface area contributed by atoms with Crippen molar-refractivity contribution in [1.29, 1.82) is 0 Å². The number of amidine groups is 1. The van der Waals surface area contributed by atoms with Crippen LogP contribution < -0.4 is 5.32 Å². The first kappa shape index (κ1) is 39.1. The van der Waals surface area contributed by atoms with Crippen LogP contribution in [0, 0.1) is 5.92 Å². The number of nitrogens with zero attached hydrogens (tertiary/aromatic N) is 1. The molecule has 3 aliphatic rings. The first-order valence-corrected chi connectivity index (χ1v) is 23.5. The lowest BCUT2D eigenvalue weighted by Crippen LogP contribution is -2.34. The lowest BCUT2D eigenvalue weighted by Gasteiger charge is -2.39. The minimum absolute atomic E-state index is 0.0193. The quantitative estimate of drug-likeness (QED) is 0.159. The monoisotopic (exact) mass is 854 g/mol. The van der Waals surface area contributed by atoms with Crippen molar-refractivity contribution < 1.29 is 0 Å². The van der Waals surface area contributed by atoms with Gasteiger partial charge in [-0.1, -0.05) is 231 Å². The fourth-order valence-electron chi connectivity index (χ4n) is 11.7. The Balaban J connectivity index is 0.943. The van der Waals surface area contributed by atoms with Gasteiger partial charge in [0.25, 0.3) is 0 Å². The molecule has 1 heterocycles. The molecule has 10 aromatic carbocycles. The second-order valence-corrected chi connectivity index (χ2v) is 18.2. The maximum absolute atomic E-state index is 5.27. The summed E-state index contributed by atoms with van der Waals surface area (Å²) in [5, 5.41) is 11.3. The van der Waals surface area contributed by atoms with Crippen LogP contribution in [0.15, 0.2) is 254 Å². The molecule has 0 bridgehead atoms. The average Bonchev–Trinajstić information content (AvgIpc) is 3.72. The van der Waals surface area contributed by atoms with Gasteiger partial charge in [0.15, 0.2) is 0 Å². The highest BCUT2D eigenvalue weighted by Gasteiger charge is 2.51. The molecule has 0 radical (unpaired) electrons. The van der Waals surface area contributed by atoms with E-state index < -0.39 is 0 Å². The predicted molar refractivity (Wildman–Crippen MR) is 281 cm³/mol. The van der Waals surface area contributed by atoms with Gasteiger partial charge in [-0.05, 0) is 113 Å². The number of benzene rings is 10. The maximum Gasteiger partial charge on any atom is 0.134 e. The molecule has 0 amide bonds. The van der Waals surface area contributed by atoms with Gasteiger partial charge in [0.2, 0.25) is 0 Å². The number of fused-ring (bicyclic) bond motifs is 9. The molecule has 2 nitrogen and oxygen atoms in total. The first-order chi connectivity index (χ1) is 33.2. The summed E-state index contributed by atoms with van der Waals surface area (Å²) in [5.74, 6) is 1.14. The van der Waals surface area contributed by atoms with Crippen molar-refractivity contribution in [3.05, 3.63) is 293 Å². The van der Waals surface area contributed by atoms with Crippen molar-refractivity contribution in [2.45, 2.75) is 17.9 Å². The van der Waals surface area contributed by atoms with Crippen molar-refractivity contribution in [2.75, 3.05) is 0 Å². The molecule has 0 saturated heterocycles. The Labute approximate surface area is 391 Å². The van der Waals surface area contributed by atoms with E-state index in [9.17, 15) is 0 Å². The molecule has 10 aromatic rings. The number of allylic oxidation sites excluding steroid dienone is 4. The molecule has 1 N–H and O–H groups in total. The number of rotatable bonds is 7. The Hall–Kier alpha value is -8.33. The average molecular weight is 855 g/mol. The zero-order valence-electron chi connectivity index (χ0n) is 37.0. The van der Waals surface area contributed by atoms with E-state index in [4.69, 9.17) is 4.99 Å². The second kappa shape index (κ2) is 16.0. The van der Waals surface area contributed by atoms with Gasteiger partial charge in [-0.3, -0.25) is 0 Å². The minimum atomic E-state index is -0.288. The Morgan fingerprint density at radius 3 is 1.79 bits per heavy atom. The summed E-state index contributed by atoms with van der Waals surface area (Å²) in [5.41, 5.74) is 15.8. The van der Waals surface area contributed by atoms with E-state index in [-0.39, 0.29) is 17.4 Å². The van der Waals surface area contributed by atoms with E-state index in [1.165, 1.54) is 88.0 Å². The summed E-state index contributed by atoms with van der Waals surface area (Å²) < 4.78 is 0. The summed E-state index contributed by atoms with van der Waals surface area (Å²) in [7, 11) is 0. The van der Waals surface area contributed by atoms with Crippen molar-refractivity contribution in [3.8, 4) is 11.1 Å². The molecule has 13 rings (SSSR count). The van der Waals surface area contributed by atoms with Crippen LogP contribution in [0.4, 0.5) is 0 Å². The van der Waals surface area contributed by atoms with E-state index in [1.54, 1.807) is 0 Å². The molecule has 67 heavy (non-hydrogen) atoms. The van der Waals surface area contributed by atoms with E-state index in [2.05, 4.69) is 254 Å². The van der Waals surface area contributed by atoms with Gasteiger partial charge < -0.3 is 5.32 Å².